The van der Waals surface area contributed by atoms with Crippen LogP contribution in [0, 0.1) is 0 Å². The van der Waals surface area contributed by atoms with E-state index < -0.39 is 27.7 Å². The van der Waals surface area contributed by atoms with Gasteiger partial charge in [0.1, 0.15) is 11.5 Å². The Morgan fingerprint density at radius 2 is 1.53 bits per heavy atom. The summed E-state index contributed by atoms with van der Waals surface area (Å²) in [7, 11) is -3.93. The maximum absolute atomic E-state index is 12.8. The molecule has 6 nitrogen and oxygen atoms in total. The number of carbonyl (C=O) groups excluding carboxylic acids is 1. The van der Waals surface area contributed by atoms with Gasteiger partial charge in [-0.05, 0) is 54.6 Å². The molecule has 3 aromatic rings. The fourth-order valence-corrected chi connectivity index (χ4v) is 3.09. The number of sulfonamides is 1. The summed E-state index contributed by atoms with van der Waals surface area (Å²) < 4.78 is 66.8. The molecule has 0 fully saturated rings. The van der Waals surface area contributed by atoms with Crippen LogP contribution in [-0.2, 0) is 16.2 Å². The number of alkyl halides is 3. The van der Waals surface area contributed by atoms with Gasteiger partial charge in [-0.25, -0.2) is 13.6 Å². The van der Waals surface area contributed by atoms with E-state index in [1.165, 1.54) is 60.7 Å². The van der Waals surface area contributed by atoms with Crippen molar-refractivity contribution < 1.29 is 31.1 Å². The molecule has 0 bridgehead atoms. The Hall–Kier alpha value is -3.37. The molecule has 0 aliphatic rings. The summed E-state index contributed by atoms with van der Waals surface area (Å²) in [4.78, 5) is 12.3. The van der Waals surface area contributed by atoms with Crippen molar-refractivity contribution in [3.63, 3.8) is 0 Å². The van der Waals surface area contributed by atoms with Crippen LogP contribution in [0.3, 0.4) is 0 Å². The van der Waals surface area contributed by atoms with E-state index in [0.29, 0.717) is 0 Å². The Bertz CT molecular complexity index is 1190. The quantitative estimate of drug-likeness (QED) is 0.619. The third kappa shape index (κ3) is 5.37. The highest BCUT2D eigenvalue weighted by Gasteiger charge is 2.30. The van der Waals surface area contributed by atoms with Crippen molar-refractivity contribution >= 4 is 21.6 Å². The SMILES string of the molecule is NS(=O)(=O)c1cccc(NC(=O)c2cccc(Oc3cccc(C(F)(F)F)c3)c2)c1. The van der Waals surface area contributed by atoms with E-state index in [1.54, 1.807) is 0 Å². The van der Waals surface area contributed by atoms with Gasteiger partial charge in [-0.15, -0.1) is 0 Å². The fraction of sp³-hybridized carbons (Fsp3) is 0.0500. The van der Waals surface area contributed by atoms with Gasteiger partial charge in [-0.2, -0.15) is 13.2 Å². The highest BCUT2D eigenvalue weighted by molar-refractivity contribution is 7.89. The lowest BCUT2D eigenvalue weighted by Gasteiger charge is -2.11. The number of hydrogen-bond acceptors (Lipinski definition) is 4. The molecule has 0 saturated heterocycles. The Labute approximate surface area is 170 Å². The third-order valence-electron chi connectivity index (χ3n) is 3.91. The number of rotatable bonds is 5. The minimum absolute atomic E-state index is 0.0387. The fourth-order valence-electron chi connectivity index (χ4n) is 2.53. The van der Waals surface area contributed by atoms with Gasteiger partial charge in [-0.1, -0.05) is 18.2 Å². The number of ether oxygens (including phenoxy) is 1. The molecule has 1 amide bonds. The van der Waals surface area contributed by atoms with Crippen molar-refractivity contribution in [3.05, 3.63) is 83.9 Å². The van der Waals surface area contributed by atoms with Gasteiger partial charge in [0, 0.05) is 11.3 Å². The summed E-state index contributed by atoms with van der Waals surface area (Å²) in [5.41, 5.74) is -0.500. The maximum Gasteiger partial charge on any atom is 0.416 e. The van der Waals surface area contributed by atoms with Crippen LogP contribution < -0.4 is 15.2 Å². The first kappa shape index (κ1) is 21.3. The second-order valence-corrected chi connectivity index (χ2v) is 7.74. The van der Waals surface area contributed by atoms with Crippen LogP contribution >= 0.6 is 0 Å². The first-order valence-corrected chi connectivity index (χ1v) is 9.96. The first-order chi connectivity index (χ1) is 14.0. The lowest BCUT2D eigenvalue weighted by molar-refractivity contribution is -0.137. The molecule has 0 unspecified atom stereocenters. The number of amides is 1. The zero-order valence-corrected chi connectivity index (χ0v) is 16.0. The molecule has 0 spiro atoms. The molecular formula is C20H15F3N2O4S. The first-order valence-electron chi connectivity index (χ1n) is 8.42. The lowest BCUT2D eigenvalue weighted by Crippen LogP contribution is -2.14. The van der Waals surface area contributed by atoms with Crippen LogP contribution in [0.1, 0.15) is 15.9 Å². The highest BCUT2D eigenvalue weighted by atomic mass is 32.2. The number of carbonyl (C=O) groups is 1. The molecule has 156 valence electrons. The number of primary sulfonamides is 1. The molecule has 0 aliphatic carbocycles. The van der Waals surface area contributed by atoms with Gasteiger partial charge < -0.3 is 10.1 Å². The largest absolute Gasteiger partial charge is 0.457 e. The molecule has 0 atom stereocenters. The molecule has 0 heterocycles. The zero-order chi connectivity index (χ0) is 21.9. The van der Waals surface area contributed by atoms with Gasteiger partial charge in [0.25, 0.3) is 5.91 Å². The summed E-state index contributed by atoms with van der Waals surface area (Å²) in [5.74, 6) is -0.459. The molecule has 0 saturated carbocycles. The molecule has 30 heavy (non-hydrogen) atoms. The van der Waals surface area contributed by atoms with E-state index in [2.05, 4.69) is 5.32 Å². The standard InChI is InChI=1S/C20H15F3N2O4S/c21-20(22,23)14-5-2-8-17(11-14)29-16-7-1-4-13(10-16)19(26)25-15-6-3-9-18(12-15)30(24,27)28/h1-12H,(H,25,26)(H2,24,27,28). The number of nitrogens with two attached hydrogens (primary N) is 1. The van der Waals surface area contributed by atoms with Crippen LogP contribution in [0.25, 0.3) is 0 Å². The molecule has 0 aromatic heterocycles. The minimum Gasteiger partial charge on any atom is -0.457 e. The van der Waals surface area contributed by atoms with Crippen LogP contribution in [-0.4, -0.2) is 14.3 Å². The van der Waals surface area contributed by atoms with E-state index in [1.807, 2.05) is 0 Å². The van der Waals surface area contributed by atoms with E-state index in [9.17, 15) is 26.4 Å². The van der Waals surface area contributed by atoms with Crippen molar-refractivity contribution in [2.75, 3.05) is 5.32 Å². The smallest absolute Gasteiger partial charge is 0.416 e. The van der Waals surface area contributed by atoms with Gasteiger partial charge in [0.15, 0.2) is 0 Å². The number of anilines is 1. The number of hydrogen-bond donors (Lipinski definition) is 2. The lowest BCUT2D eigenvalue weighted by atomic mass is 10.2. The van der Waals surface area contributed by atoms with Crippen molar-refractivity contribution in [2.24, 2.45) is 5.14 Å². The Kier molecular flexibility index (Phi) is 5.81. The Morgan fingerprint density at radius 3 is 2.20 bits per heavy atom. The van der Waals surface area contributed by atoms with E-state index in [0.717, 1.165) is 12.1 Å². The topological polar surface area (TPSA) is 98.5 Å². The molecule has 0 radical (unpaired) electrons. The van der Waals surface area contributed by atoms with Crippen molar-refractivity contribution in [3.8, 4) is 11.5 Å². The van der Waals surface area contributed by atoms with Crippen LogP contribution in [0.5, 0.6) is 11.5 Å². The predicted octanol–water partition coefficient (Wildman–Crippen LogP) is 4.40. The molecule has 3 rings (SSSR count). The Balaban J connectivity index is 1.78. The van der Waals surface area contributed by atoms with E-state index in [4.69, 9.17) is 9.88 Å². The predicted molar refractivity (Wildman–Crippen MR) is 104 cm³/mol. The summed E-state index contributed by atoms with van der Waals surface area (Å²) in [6, 6.07) is 15.5. The van der Waals surface area contributed by atoms with Gasteiger partial charge in [-0.3, -0.25) is 4.79 Å². The van der Waals surface area contributed by atoms with E-state index >= 15 is 0 Å². The van der Waals surface area contributed by atoms with Crippen molar-refractivity contribution in [1.82, 2.24) is 0 Å². The highest BCUT2D eigenvalue weighted by Crippen LogP contribution is 2.32. The number of nitrogens with one attached hydrogen (secondary N) is 1. The monoisotopic (exact) mass is 436 g/mol. The van der Waals surface area contributed by atoms with Gasteiger partial charge >= 0.3 is 6.18 Å². The van der Waals surface area contributed by atoms with Crippen molar-refractivity contribution in [1.29, 1.82) is 0 Å². The van der Waals surface area contributed by atoms with Gasteiger partial charge in [0.2, 0.25) is 10.0 Å². The zero-order valence-electron chi connectivity index (χ0n) is 15.2. The molecule has 10 heteroatoms. The van der Waals surface area contributed by atoms with E-state index in [-0.39, 0.29) is 27.6 Å². The second kappa shape index (κ2) is 8.17. The summed E-state index contributed by atoms with van der Waals surface area (Å²) in [5, 5.41) is 7.60. The average Bonchev–Trinajstić information content (AvgIpc) is 2.67. The van der Waals surface area contributed by atoms with Crippen LogP contribution in [0.4, 0.5) is 18.9 Å². The second-order valence-electron chi connectivity index (χ2n) is 6.18. The summed E-state index contributed by atoms with van der Waals surface area (Å²) in [6.07, 6.45) is -4.51. The number of halogens is 3. The van der Waals surface area contributed by atoms with Crippen LogP contribution in [0.15, 0.2) is 77.7 Å². The minimum atomic E-state index is -4.51. The normalized spacial score (nSPS) is 11.7. The van der Waals surface area contributed by atoms with Crippen molar-refractivity contribution in [2.45, 2.75) is 11.1 Å². The van der Waals surface area contributed by atoms with Crippen LogP contribution in [0.2, 0.25) is 0 Å². The molecule has 3 aromatic carbocycles. The summed E-state index contributed by atoms with van der Waals surface area (Å²) >= 11 is 0. The molecular weight excluding hydrogens is 421 g/mol. The molecule has 0 aliphatic heterocycles. The summed E-state index contributed by atoms with van der Waals surface area (Å²) in [6.45, 7) is 0. The third-order valence-corrected chi connectivity index (χ3v) is 4.82. The number of benzene rings is 3. The average molecular weight is 436 g/mol. The molecule has 3 N–H and O–H groups in total. The Morgan fingerprint density at radius 1 is 0.900 bits per heavy atom. The maximum atomic E-state index is 12.8. The van der Waals surface area contributed by atoms with Gasteiger partial charge in [0.05, 0.1) is 10.5 Å².